The Kier molecular flexibility index (Phi) is 13.4. The summed E-state index contributed by atoms with van der Waals surface area (Å²) in [4.78, 5) is 83.3. The van der Waals surface area contributed by atoms with Crippen LogP contribution in [0.3, 0.4) is 0 Å². The Morgan fingerprint density at radius 2 is 0.818 bits per heavy atom. The van der Waals surface area contributed by atoms with Gasteiger partial charge in [-0.05, 0) is 0 Å². The van der Waals surface area contributed by atoms with Crippen LogP contribution in [-0.2, 0) is 80.9 Å². The molecule has 0 amide bonds. The first-order valence-electron chi connectivity index (χ1n) is 13.3. The van der Waals surface area contributed by atoms with Gasteiger partial charge >= 0.3 is 41.8 Å². The Morgan fingerprint density at radius 1 is 0.477 bits per heavy atom. The highest BCUT2D eigenvalue weighted by molar-refractivity contribution is 5.69. The number of carbonyl (C=O) groups excluding carboxylic acids is 7. The molecule has 10 atom stereocenters. The summed E-state index contributed by atoms with van der Waals surface area (Å²) in [6.45, 7) is 6.19. The number of rotatable bonds is 11. The lowest BCUT2D eigenvalue weighted by Gasteiger charge is -2.47. The Hall–Kier alpha value is -3.87. The summed E-state index contributed by atoms with van der Waals surface area (Å²) in [5, 5.41) is 11.0. The van der Waals surface area contributed by atoms with Crippen LogP contribution in [0.1, 0.15) is 48.5 Å². The van der Waals surface area contributed by atoms with Crippen LogP contribution in [0.5, 0.6) is 0 Å². The molecule has 18 heteroatoms. The van der Waals surface area contributed by atoms with Crippen molar-refractivity contribution in [3.8, 4) is 0 Å². The van der Waals surface area contributed by atoms with Gasteiger partial charge in [-0.3, -0.25) is 33.6 Å². The van der Waals surface area contributed by atoms with Crippen molar-refractivity contribution < 1.29 is 86.0 Å². The normalized spacial score (nSPS) is 31.5. The van der Waals surface area contributed by atoms with Crippen LogP contribution in [0.25, 0.3) is 0 Å². The molecule has 18 nitrogen and oxygen atoms in total. The third-order valence-electron chi connectivity index (χ3n) is 5.90. The van der Waals surface area contributed by atoms with Gasteiger partial charge in [-0.15, -0.1) is 0 Å². The molecule has 2 saturated heterocycles. The molecule has 0 bridgehead atoms. The lowest BCUT2D eigenvalue weighted by molar-refractivity contribution is -0.363. The highest BCUT2D eigenvalue weighted by atomic mass is 16.8. The van der Waals surface area contributed by atoms with Gasteiger partial charge in [-0.2, -0.15) is 0 Å². The highest BCUT2D eigenvalue weighted by Gasteiger charge is 2.57. The van der Waals surface area contributed by atoms with E-state index in [1.165, 1.54) is 0 Å². The minimum absolute atomic E-state index is 0.534. The molecule has 0 radical (unpaired) electrons. The molecular formula is C26H36O18. The molecule has 0 aromatic heterocycles. The number of hydrogen-bond donors (Lipinski definition) is 1. The van der Waals surface area contributed by atoms with Crippen LogP contribution < -0.4 is 0 Å². The first-order valence-corrected chi connectivity index (χ1v) is 13.3. The van der Waals surface area contributed by atoms with E-state index in [-0.39, 0.29) is 0 Å². The Labute approximate surface area is 251 Å². The fourth-order valence-electron chi connectivity index (χ4n) is 4.49. The van der Waals surface area contributed by atoms with E-state index in [2.05, 4.69) is 0 Å². The second-order valence-corrected chi connectivity index (χ2v) is 9.68. The molecule has 44 heavy (non-hydrogen) atoms. The number of hydrogen-bond acceptors (Lipinski definition) is 18. The van der Waals surface area contributed by atoms with Crippen molar-refractivity contribution in [2.75, 3.05) is 13.2 Å². The van der Waals surface area contributed by atoms with Crippen LogP contribution in [-0.4, -0.2) is 122 Å². The van der Waals surface area contributed by atoms with Crippen molar-refractivity contribution >= 4 is 41.8 Å². The molecule has 2 heterocycles. The van der Waals surface area contributed by atoms with Gasteiger partial charge in [0.05, 0.1) is 0 Å². The largest absolute Gasteiger partial charge is 0.463 e. The third kappa shape index (κ3) is 10.7. The summed E-state index contributed by atoms with van der Waals surface area (Å²) in [7, 11) is 0. The summed E-state index contributed by atoms with van der Waals surface area (Å²) in [6.07, 6.45) is -16.3. The summed E-state index contributed by atoms with van der Waals surface area (Å²) < 4.78 is 53.9. The molecule has 0 saturated carbocycles. The average molecular weight is 637 g/mol. The summed E-state index contributed by atoms with van der Waals surface area (Å²) >= 11 is 0. The van der Waals surface area contributed by atoms with Crippen molar-refractivity contribution in [2.24, 2.45) is 0 Å². The van der Waals surface area contributed by atoms with E-state index in [9.17, 15) is 38.7 Å². The fraction of sp³-hybridized carbons (Fsp3) is 0.731. The van der Waals surface area contributed by atoms with Gasteiger partial charge in [-0.25, -0.2) is 0 Å². The summed E-state index contributed by atoms with van der Waals surface area (Å²) in [5.74, 6) is -5.97. The molecule has 0 spiro atoms. The molecule has 0 aromatic carbocycles. The number of esters is 7. The van der Waals surface area contributed by atoms with Gasteiger partial charge in [0.15, 0.2) is 49.2 Å². The second-order valence-electron chi connectivity index (χ2n) is 9.68. The zero-order chi connectivity index (χ0) is 33.3. The van der Waals surface area contributed by atoms with Crippen LogP contribution in [0.4, 0.5) is 0 Å². The minimum atomic E-state index is -1.99. The maximum absolute atomic E-state index is 12.1. The number of aliphatic hydroxyl groups is 1. The molecule has 1 N–H and O–H groups in total. The second kappa shape index (κ2) is 16.3. The predicted molar refractivity (Wildman–Crippen MR) is 135 cm³/mol. The first-order chi connectivity index (χ1) is 20.5. The monoisotopic (exact) mass is 636 g/mol. The predicted octanol–water partition coefficient (Wildman–Crippen LogP) is -1.40. The zero-order valence-corrected chi connectivity index (χ0v) is 25.1. The van der Waals surface area contributed by atoms with E-state index in [1.807, 2.05) is 0 Å². The van der Waals surface area contributed by atoms with Gasteiger partial charge < -0.3 is 52.5 Å². The van der Waals surface area contributed by atoms with E-state index < -0.39 is 116 Å². The standard InChI is InChI=1S/C26H36O18/c1-10(27)35-8-17-19(37-12(3)29)21(39-14(5)31)23(25(34)42-17)44-26-24(41-16(7)33)22(40-15(6)32)20(38-13(4)30)18(43-26)9-36-11(2)28/h17-26,34H,8-9H2,1-7H3/t17-,18-,19-,20-,21+,22+,23-,24-,25+,26+/m1/s1. The van der Waals surface area contributed by atoms with E-state index in [0.29, 0.717) is 0 Å². The SMILES string of the molecule is CC(=O)OC[C@H]1O[C@H](O)[C@H](O[C@@H]2O[C@H](COC(C)=O)[C@@H](OC(C)=O)[C@H](OC(C)=O)[C@H]2OC(C)=O)[C@@H](OC(C)=O)[C@@H]1OC(C)=O. The van der Waals surface area contributed by atoms with E-state index >= 15 is 0 Å². The van der Waals surface area contributed by atoms with Crippen molar-refractivity contribution in [2.45, 2.75) is 110 Å². The van der Waals surface area contributed by atoms with Crippen molar-refractivity contribution in [1.29, 1.82) is 0 Å². The van der Waals surface area contributed by atoms with Crippen molar-refractivity contribution in [3.05, 3.63) is 0 Å². The van der Waals surface area contributed by atoms with Gasteiger partial charge in [-0.1, -0.05) is 0 Å². The van der Waals surface area contributed by atoms with E-state index in [4.69, 9.17) is 47.4 Å². The third-order valence-corrected chi connectivity index (χ3v) is 5.90. The smallest absolute Gasteiger partial charge is 0.303 e. The molecule has 0 aromatic rings. The molecule has 248 valence electrons. The van der Waals surface area contributed by atoms with E-state index in [0.717, 1.165) is 48.5 Å². The van der Waals surface area contributed by atoms with Gasteiger partial charge in [0.25, 0.3) is 0 Å². The Morgan fingerprint density at radius 3 is 1.20 bits per heavy atom. The zero-order valence-electron chi connectivity index (χ0n) is 25.1. The van der Waals surface area contributed by atoms with Gasteiger partial charge in [0.1, 0.15) is 25.4 Å². The first kappa shape index (κ1) is 36.3. The molecule has 2 fully saturated rings. The number of ether oxygens (including phenoxy) is 10. The molecule has 2 aliphatic heterocycles. The van der Waals surface area contributed by atoms with Crippen molar-refractivity contribution in [3.63, 3.8) is 0 Å². The molecule has 0 aliphatic carbocycles. The van der Waals surface area contributed by atoms with Crippen LogP contribution >= 0.6 is 0 Å². The molecule has 0 unspecified atom stereocenters. The fourth-order valence-corrected chi connectivity index (χ4v) is 4.49. The molecule has 2 aliphatic rings. The van der Waals surface area contributed by atoms with Crippen LogP contribution in [0.2, 0.25) is 0 Å². The van der Waals surface area contributed by atoms with Gasteiger partial charge in [0, 0.05) is 48.5 Å². The quantitative estimate of drug-likeness (QED) is 0.203. The lowest BCUT2D eigenvalue weighted by Crippen LogP contribution is -2.67. The lowest BCUT2D eigenvalue weighted by atomic mass is 9.96. The molecular weight excluding hydrogens is 600 g/mol. The van der Waals surface area contributed by atoms with E-state index in [1.54, 1.807) is 0 Å². The maximum atomic E-state index is 12.1. The summed E-state index contributed by atoms with van der Waals surface area (Å²) in [5.41, 5.74) is 0. The summed E-state index contributed by atoms with van der Waals surface area (Å²) in [6, 6.07) is 0. The number of carbonyl (C=O) groups is 7. The highest BCUT2D eigenvalue weighted by Crippen LogP contribution is 2.34. The minimum Gasteiger partial charge on any atom is -0.463 e. The number of aliphatic hydroxyl groups excluding tert-OH is 1. The topological polar surface area (TPSA) is 232 Å². The average Bonchev–Trinajstić information content (AvgIpc) is 2.87. The van der Waals surface area contributed by atoms with Crippen molar-refractivity contribution in [1.82, 2.24) is 0 Å². The maximum Gasteiger partial charge on any atom is 0.303 e. The van der Waals surface area contributed by atoms with Crippen LogP contribution in [0, 0.1) is 0 Å². The molecule has 2 rings (SSSR count). The Balaban J connectivity index is 2.59. The Bertz CT molecular complexity index is 1090. The van der Waals surface area contributed by atoms with Gasteiger partial charge in [0.2, 0.25) is 0 Å². The van der Waals surface area contributed by atoms with Crippen LogP contribution in [0.15, 0.2) is 0 Å².